The van der Waals surface area contributed by atoms with Gasteiger partial charge in [0, 0.05) is 25.5 Å². The van der Waals surface area contributed by atoms with E-state index < -0.39 is 5.97 Å². The summed E-state index contributed by atoms with van der Waals surface area (Å²) in [5.41, 5.74) is 0. The highest BCUT2D eigenvalue weighted by Gasteiger charge is 2.25. The topological polar surface area (TPSA) is 69.2 Å². The third-order valence-corrected chi connectivity index (χ3v) is 2.63. The van der Waals surface area contributed by atoms with Crippen LogP contribution in [-0.2, 0) is 4.79 Å². The summed E-state index contributed by atoms with van der Waals surface area (Å²) in [6, 6.07) is 0. The number of aromatic nitrogens is 2. The number of anilines is 1. The number of piperidine rings is 1. The second-order valence-electron chi connectivity index (χ2n) is 3.51. The minimum atomic E-state index is -0.677. The van der Waals surface area contributed by atoms with Crippen molar-refractivity contribution in [2.75, 3.05) is 18.0 Å². The maximum absolute atomic E-state index is 10.7. The van der Waals surface area contributed by atoms with Crippen molar-refractivity contribution in [1.82, 2.24) is 9.97 Å². The molecule has 2 rings (SSSR count). The lowest BCUT2D eigenvalue weighted by molar-refractivity contribution is -0.142. The SMILES string of the molecule is O=C(O)C1CCN(c2ncc[nH]2)CC1. The lowest BCUT2D eigenvalue weighted by atomic mass is 9.97. The fourth-order valence-electron chi connectivity index (χ4n) is 1.77. The standard InChI is InChI=1S/C9H13N3O2/c13-8(14)7-1-5-12(6-2-7)9-10-3-4-11-9/h3-4,7H,1-2,5-6H2,(H,10,11)(H,13,14). The zero-order valence-electron chi connectivity index (χ0n) is 7.81. The Morgan fingerprint density at radius 1 is 1.57 bits per heavy atom. The van der Waals surface area contributed by atoms with Gasteiger partial charge in [-0.2, -0.15) is 0 Å². The Balaban J connectivity index is 1.93. The second-order valence-corrected chi connectivity index (χ2v) is 3.51. The summed E-state index contributed by atoms with van der Waals surface area (Å²) in [5, 5.41) is 8.81. The van der Waals surface area contributed by atoms with Gasteiger partial charge in [0.05, 0.1) is 5.92 Å². The molecule has 5 nitrogen and oxygen atoms in total. The first kappa shape index (κ1) is 9.05. The average molecular weight is 195 g/mol. The molecule has 0 aromatic carbocycles. The number of carbonyl (C=O) groups is 1. The number of aliphatic carboxylic acids is 1. The van der Waals surface area contributed by atoms with E-state index in [1.54, 1.807) is 12.4 Å². The highest BCUT2D eigenvalue weighted by molar-refractivity contribution is 5.70. The summed E-state index contributed by atoms with van der Waals surface area (Å²) in [6.07, 6.45) is 4.89. The molecular formula is C9H13N3O2. The number of hydrogen-bond acceptors (Lipinski definition) is 3. The molecule has 0 spiro atoms. The number of carboxylic acids is 1. The molecule has 76 valence electrons. The van der Waals surface area contributed by atoms with Crippen molar-refractivity contribution in [3.05, 3.63) is 12.4 Å². The molecule has 0 bridgehead atoms. The average Bonchev–Trinajstić information content (AvgIpc) is 2.71. The zero-order chi connectivity index (χ0) is 9.97. The van der Waals surface area contributed by atoms with Gasteiger partial charge in [-0.25, -0.2) is 4.98 Å². The number of nitrogens with zero attached hydrogens (tertiary/aromatic N) is 2. The Labute approximate surface area is 81.8 Å². The maximum Gasteiger partial charge on any atom is 0.306 e. The Bertz CT molecular complexity index is 302. The van der Waals surface area contributed by atoms with Gasteiger partial charge in [0.2, 0.25) is 5.95 Å². The lowest BCUT2D eigenvalue weighted by Crippen LogP contribution is -2.36. The molecule has 0 aliphatic carbocycles. The number of carboxylic acid groups (broad SMARTS) is 1. The Hall–Kier alpha value is -1.52. The van der Waals surface area contributed by atoms with Gasteiger partial charge in [0.1, 0.15) is 0 Å². The number of aromatic amines is 1. The predicted octanol–water partition coefficient (Wildman–Crippen LogP) is 0.711. The van der Waals surface area contributed by atoms with Gasteiger partial charge >= 0.3 is 5.97 Å². The van der Waals surface area contributed by atoms with Gasteiger partial charge in [-0.3, -0.25) is 4.79 Å². The van der Waals surface area contributed by atoms with Crippen LogP contribution in [0.5, 0.6) is 0 Å². The molecule has 14 heavy (non-hydrogen) atoms. The fraction of sp³-hybridized carbons (Fsp3) is 0.556. The van der Waals surface area contributed by atoms with E-state index in [9.17, 15) is 4.79 Å². The summed E-state index contributed by atoms with van der Waals surface area (Å²) in [7, 11) is 0. The molecule has 0 atom stereocenters. The molecular weight excluding hydrogens is 182 g/mol. The summed E-state index contributed by atoms with van der Waals surface area (Å²) < 4.78 is 0. The molecule has 1 aromatic rings. The summed E-state index contributed by atoms with van der Waals surface area (Å²) in [6.45, 7) is 1.54. The fourth-order valence-corrected chi connectivity index (χ4v) is 1.77. The van der Waals surface area contributed by atoms with E-state index in [2.05, 4.69) is 14.9 Å². The van der Waals surface area contributed by atoms with Crippen LogP contribution in [0, 0.1) is 5.92 Å². The van der Waals surface area contributed by atoms with Crippen molar-refractivity contribution >= 4 is 11.9 Å². The van der Waals surface area contributed by atoms with Crippen LogP contribution in [0.1, 0.15) is 12.8 Å². The highest BCUT2D eigenvalue weighted by atomic mass is 16.4. The van der Waals surface area contributed by atoms with Crippen LogP contribution < -0.4 is 4.90 Å². The van der Waals surface area contributed by atoms with Crippen molar-refractivity contribution in [2.24, 2.45) is 5.92 Å². The van der Waals surface area contributed by atoms with Gasteiger partial charge in [0.15, 0.2) is 0 Å². The Kier molecular flexibility index (Phi) is 2.39. The van der Waals surface area contributed by atoms with E-state index >= 15 is 0 Å². The summed E-state index contributed by atoms with van der Waals surface area (Å²) in [4.78, 5) is 19.9. The van der Waals surface area contributed by atoms with Crippen LogP contribution in [0.15, 0.2) is 12.4 Å². The van der Waals surface area contributed by atoms with E-state index in [1.165, 1.54) is 0 Å². The number of H-pyrrole nitrogens is 1. The molecule has 1 saturated heterocycles. The smallest absolute Gasteiger partial charge is 0.306 e. The van der Waals surface area contributed by atoms with E-state index in [0.29, 0.717) is 12.8 Å². The quantitative estimate of drug-likeness (QED) is 0.729. The van der Waals surface area contributed by atoms with Crippen LogP contribution in [-0.4, -0.2) is 34.1 Å². The van der Waals surface area contributed by atoms with Crippen LogP contribution in [0.3, 0.4) is 0 Å². The van der Waals surface area contributed by atoms with Gasteiger partial charge in [-0.05, 0) is 12.8 Å². The summed E-state index contributed by atoms with van der Waals surface area (Å²) >= 11 is 0. The molecule has 5 heteroatoms. The van der Waals surface area contributed by atoms with E-state index in [0.717, 1.165) is 19.0 Å². The van der Waals surface area contributed by atoms with Crippen molar-refractivity contribution < 1.29 is 9.90 Å². The molecule has 1 aliphatic heterocycles. The van der Waals surface area contributed by atoms with Crippen molar-refractivity contribution in [3.8, 4) is 0 Å². The molecule has 0 unspecified atom stereocenters. The van der Waals surface area contributed by atoms with Crippen molar-refractivity contribution in [2.45, 2.75) is 12.8 Å². The van der Waals surface area contributed by atoms with Crippen molar-refractivity contribution in [1.29, 1.82) is 0 Å². The maximum atomic E-state index is 10.7. The van der Waals surface area contributed by atoms with Crippen LogP contribution in [0.4, 0.5) is 5.95 Å². The number of imidazole rings is 1. The molecule has 0 saturated carbocycles. The molecule has 0 radical (unpaired) electrons. The largest absolute Gasteiger partial charge is 0.481 e. The first-order valence-corrected chi connectivity index (χ1v) is 4.74. The minimum absolute atomic E-state index is 0.179. The molecule has 1 aromatic heterocycles. The van der Waals surface area contributed by atoms with Crippen molar-refractivity contribution in [3.63, 3.8) is 0 Å². The third kappa shape index (κ3) is 1.71. The molecule has 2 N–H and O–H groups in total. The Morgan fingerprint density at radius 2 is 2.29 bits per heavy atom. The number of rotatable bonds is 2. The summed E-state index contributed by atoms with van der Waals surface area (Å²) in [5.74, 6) is -0.0147. The molecule has 0 amide bonds. The zero-order valence-corrected chi connectivity index (χ0v) is 7.81. The lowest BCUT2D eigenvalue weighted by Gasteiger charge is -2.29. The first-order chi connectivity index (χ1) is 6.77. The minimum Gasteiger partial charge on any atom is -0.481 e. The van der Waals surface area contributed by atoms with E-state index in [1.807, 2.05) is 0 Å². The normalized spacial score (nSPS) is 18.4. The van der Waals surface area contributed by atoms with Gasteiger partial charge in [-0.1, -0.05) is 0 Å². The molecule has 1 aliphatic rings. The van der Waals surface area contributed by atoms with E-state index in [4.69, 9.17) is 5.11 Å². The second kappa shape index (κ2) is 3.69. The molecule has 2 heterocycles. The van der Waals surface area contributed by atoms with Crippen LogP contribution >= 0.6 is 0 Å². The van der Waals surface area contributed by atoms with Crippen LogP contribution in [0.2, 0.25) is 0 Å². The van der Waals surface area contributed by atoms with Crippen LogP contribution in [0.25, 0.3) is 0 Å². The Morgan fingerprint density at radius 3 is 2.79 bits per heavy atom. The number of nitrogens with one attached hydrogen (secondary N) is 1. The van der Waals surface area contributed by atoms with Gasteiger partial charge < -0.3 is 15.0 Å². The van der Waals surface area contributed by atoms with Gasteiger partial charge in [-0.15, -0.1) is 0 Å². The highest BCUT2D eigenvalue weighted by Crippen LogP contribution is 2.20. The number of hydrogen-bond donors (Lipinski definition) is 2. The van der Waals surface area contributed by atoms with E-state index in [-0.39, 0.29) is 5.92 Å². The third-order valence-electron chi connectivity index (χ3n) is 2.63. The monoisotopic (exact) mass is 195 g/mol. The predicted molar refractivity (Wildman–Crippen MR) is 51.2 cm³/mol. The molecule has 1 fully saturated rings. The first-order valence-electron chi connectivity index (χ1n) is 4.74. The van der Waals surface area contributed by atoms with Gasteiger partial charge in [0.25, 0.3) is 0 Å².